The zero-order valence-corrected chi connectivity index (χ0v) is 12.4. The van der Waals surface area contributed by atoms with E-state index in [1.54, 1.807) is 24.3 Å². The van der Waals surface area contributed by atoms with Crippen molar-refractivity contribution in [2.45, 2.75) is 6.92 Å². The average Bonchev–Trinajstić information content (AvgIpc) is 2.82. The van der Waals surface area contributed by atoms with Crippen LogP contribution in [0.5, 0.6) is 5.88 Å². The first-order valence-corrected chi connectivity index (χ1v) is 6.96. The molecule has 110 valence electrons. The molecule has 22 heavy (non-hydrogen) atoms. The molecule has 0 aliphatic rings. The summed E-state index contributed by atoms with van der Waals surface area (Å²) < 4.78 is 0. The van der Waals surface area contributed by atoms with Crippen molar-refractivity contribution >= 4 is 34.1 Å². The number of aromatic nitrogens is 1. The SMILES string of the molecule is Cc1cccc2c(N=NC(=O)c3cccc(Cl)c3)c(O)[nH]c12. The minimum Gasteiger partial charge on any atom is -0.493 e. The van der Waals surface area contributed by atoms with Crippen molar-refractivity contribution in [1.29, 1.82) is 0 Å². The van der Waals surface area contributed by atoms with Crippen LogP contribution in [0.2, 0.25) is 5.02 Å². The molecule has 1 amide bonds. The largest absolute Gasteiger partial charge is 0.493 e. The summed E-state index contributed by atoms with van der Waals surface area (Å²) in [5.74, 6) is -0.643. The van der Waals surface area contributed by atoms with E-state index in [1.165, 1.54) is 6.07 Å². The van der Waals surface area contributed by atoms with Crippen molar-refractivity contribution < 1.29 is 9.90 Å². The third kappa shape index (κ3) is 2.58. The number of fused-ring (bicyclic) bond motifs is 1. The van der Waals surface area contributed by atoms with E-state index < -0.39 is 5.91 Å². The number of halogens is 1. The standard InChI is InChI=1S/C16H12ClN3O2/c1-9-4-2-7-12-13(9)18-16(22)14(12)19-20-15(21)10-5-3-6-11(17)8-10/h2-8,18,22H,1H3. The van der Waals surface area contributed by atoms with Crippen molar-refractivity contribution in [1.82, 2.24) is 4.98 Å². The molecule has 0 atom stereocenters. The first kappa shape index (κ1) is 14.3. The number of rotatable bonds is 2. The number of aryl methyl sites for hydroxylation is 1. The van der Waals surface area contributed by atoms with Gasteiger partial charge in [0.15, 0.2) is 5.69 Å². The molecular weight excluding hydrogens is 302 g/mol. The number of para-hydroxylation sites is 1. The quantitative estimate of drug-likeness (QED) is 0.669. The van der Waals surface area contributed by atoms with E-state index in [9.17, 15) is 9.90 Å². The molecule has 1 aromatic heterocycles. The Hall–Kier alpha value is -2.66. The molecule has 0 saturated carbocycles. The smallest absolute Gasteiger partial charge is 0.295 e. The van der Waals surface area contributed by atoms with Gasteiger partial charge in [-0.05, 0) is 30.7 Å². The van der Waals surface area contributed by atoms with Crippen molar-refractivity contribution in [3.8, 4) is 5.88 Å². The monoisotopic (exact) mass is 313 g/mol. The number of aromatic amines is 1. The van der Waals surface area contributed by atoms with E-state index >= 15 is 0 Å². The second-order valence-electron chi connectivity index (χ2n) is 4.84. The van der Waals surface area contributed by atoms with Gasteiger partial charge in [-0.15, -0.1) is 10.2 Å². The summed E-state index contributed by atoms with van der Waals surface area (Å²) >= 11 is 5.84. The van der Waals surface area contributed by atoms with Gasteiger partial charge in [0.1, 0.15) is 0 Å². The normalized spacial score (nSPS) is 11.4. The third-order valence-corrected chi connectivity index (χ3v) is 3.54. The zero-order chi connectivity index (χ0) is 15.7. The van der Waals surface area contributed by atoms with Gasteiger partial charge >= 0.3 is 0 Å². The Morgan fingerprint density at radius 2 is 2.00 bits per heavy atom. The number of carbonyl (C=O) groups excluding carboxylic acids is 1. The van der Waals surface area contributed by atoms with Crippen molar-refractivity contribution in [2.75, 3.05) is 0 Å². The minimum atomic E-state index is -0.524. The molecule has 0 saturated heterocycles. The van der Waals surface area contributed by atoms with Crippen LogP contribution in [0, 0.1) is 6.92 Å². The summed E-state index contributed by atoms with van der Waals surface area (Å²) in [6.45, 7) is 1.91. The van der Waals surface area contributed by atoms with Crippen LogP contribution in [0.1, 0.15) is 15.9 Å². The number of H-pyrrole nitrogens is 1. The highest BCUT2D eigenvalue weighted by Crippen LogP contribution is 2.36. The number of aromatic hydroxyl groups is 1. The molecule has 0 fully saturated rings. The highest BCUT2D eigenvalue weighted by Gasteiger charge is 2.12. The van der Waals surface area contributed by atoms with Crippen LogP contribution in [0.15, 0.2) is 52.7 Å². The summed E-state index contributed by atoms with van der Waals surface area (Å²) in [5, 5.41) is 18.7. The zero-order valence-electron chi connectivity index (χ0n) is 11.7. The first-order valence-electron chi connectivity index (χ1n) is 6.58. The number of hydrogen-bond donors (Lipinski definition) is 2. The molecule has 0 bridgehead atoms. The van der Waals surface area contributed by atoms with Crippen LogP contribution in [0.25, 0.3) is 10.9 Å². The molecule has 2 aromatic carbocycles. The van der Waals surface area contributed by atoms with Crippen LogP contribution < -0.4 is 0 Å². The maximum atomic E-state index is 12.0. The molecule has 5 nitrogen and oxygen atoms in total. The molecule has 0 aliphatic heterocycles. The lowest BCUT2D eigenvalue weighted by atomic mass is 10.1. The van der Waals surface area contributed by atoms with E-state index in [2.05, 4.69) is 15.2 Å². The maximum Gasteiger partial charge on any atom is 0.295 e. The molecule has 3 rings (SSSR count). The Kier molecular flexibility index (Phi) is 3.65. The van der Waals surface area contributed by atoms with Crippen LogP contribution in [0.4, 0.5) is 5.69 Å². The lowest BCUT2D eigenvalue weighted by molar-refractivity contribution is 0.0995. The highest BCUT2D eigenvalue weighted by atomic mass is 35.5. The highest BCUT2D eigenvalue weighted by molar-refractivity contribution is 6.30. The average molecular weight is 314 g/mol. The second-order valence-corrected chi connectivity index (χ2v) is 5.27. The molecule has 1 heterocycles. The summed E-state index contributed by atoms with van der Waals surface area (Å²) in [6, 6.07) is 12.0. The first-order chi connectivity index (χ1) is 10.6. The number of azo groups is 1. The Labute approximate surface area is 131 Å². The minimum absolute atomic E-state index is 0.119. The van der Waals surface area contributed by atoms with Crippen LogP contribution in [-0.2, 0) is 0 Å². The fraction of sp³-hybridized carbons (Fsp3) is 0.0625. The predicted molar refractivity (Wildman–Crippen MR) is 85.0 cm³/mol. The molecule has 0 unspecified atom stereocenters. The lowest BCUT2D eigenvalue weighted by Crippen LogP contribution is -1.92. The van der Waals surface area contributed by atoms with Gasteiger partial charge in [-0.3, -0.25) is 4.79 Å². The Balaban J connectivity index is 1.98. The van der Waals surface area contributed by atoms with Gasteiger partial charge in [0, 0.05) is 16.0 Å². The topological polar surface area (TPSA) is 77.8 Å². The molecule has 2 N–H and O–H groups in total. The van der Waals surface area contributed by atoms with E-state index in [0.717, 1.165) is 11.1 Å². The number of nitrogens with one attached hydrogen (secondary N) is 1. The van der Waals surface area contributed by atoms with E-state index in [1.807, 2.05) is 19.1 Å². The summed E-state index contributed by atoms with van der Waals surface area (Å²) in [6.07, 6.45) is 0. The lowest BCUT2D eigenvalue weighted by Gasteiger charge is -1.96. The van der Waals surface area contributed by atoms with Crippen molar-refractivity contribution in [3.05, 3.63) is 58.6 Å². The maximum absolute atomic E-state index is 12.0. The van der Waals surface area contributed by atoms with Gasteiger partial charge in [-0.1, -0.05) is 35.9 Å². The molecule has 3 aromatic rings. The van der Waals surface area contributed by atoms with Crippen LogP contribution in [0.3, 0.4) is 0 Å². The summed E-state index contributed by atoms with van der Waals surface area (Å²) in [4.78, 5) is 14.8. The summed E-state index contributed by atoms with van der Waals surface area (Å²) in [7, 11) is 0. The van der Waals surface area contributed by atoms with Gasteiger partial charge in [0.25, 0.3) is 5.91 Å². The van der Waals surface area contributed by atoms with Gasteiger partial charge in [-0.25, -0.2) is 0 Å². The number of amides is 1. The number of hydrogen-bond acceptors (Lipinski definition) is 3. The number of carbonyl (C=O) groups is 1. The fourth-order valence-electron chi connectivity index (χ4n) is 2.21. The van der Waals surface area contributed by atoms with Crippen molar-refractivity contribution in [3.63, 3.8) is 0 Å². The van der Waals surface area contributed by atoms with E-state index in [4.69, 9.17) is 11.6 Å². The Bertz CT molecular complexity index is 900. The molecule has 0 spiro atoms. The van der Waals surface area contributed by atoms with Gasteiger partial charge in [-0.2, -0.15) is 0 Å². The van der Waals surface area contributed by atoms with Gasteiger partial charge < -0.3 is 10.1 Å². The molecule has 0 radical (unpaired) electrons. The Morgan fingerprint density at radius 3 is 2.77 bits per heavy atom. The number of benzene rings is 2. The summed E-state index contributed by atoms with van der Waals surface area (Å²) in [5.41, 5.74) is 2.32. The predicted octanol–water partition coefficient (Wildman–Crippen LogP) is 4.76. The molecule has 6 heteroatoms. The molecular formula is C16H12ClN3O2. The van der Waals surface area contributed by atoms with Crippen LogP contribution in [-0.4, -0.2) is 16.0 Å². The van der Waals surface area contributed by atoms with Gasteiger partial charge in [0.05, 0.1) is 5.52 Å². The molecule has 0 aliphatic carbocycles. The second kappa shape index (κ2) is 5.61. The number of nitrogens with zero attached hydrogens (tertiary/aromatic N) is 2. The fourth-order valence-corrected chi connectivity index (χ4v) is 2.40. The van der Waals surface area contributed by atoms with E-state index in [-0.39, 0.29) is 11.6 Å². The van der Waals surface area contributed by atoms with Gasteiger partial charge in [0.2, 0.25) is 5.88 Å². The van der Waals surface area contributed by atoms with E-state index in [0.29, 0.717) is 16.0 Å². The van der Waals surface area contributed by atoms with Crippen LogP contribution >= 0.6 is 11.6 Å². The third-order valence-electron chi connectivity index (χ3n) is 3.31. The Morgan fingerprint density at radius 1 is 1.23 bits per heavy atom. The van der Waals surface area contributed by atoms with Crippen molar-refractivity contribution in [2.24, 2.45) is 10.2 Å².